The Hall–Kier alpha value is -2.08. The Labute approximate surface area is 158 Å². The summed E-state index contributed by atoms with van der Waals surface area (Å²) in [4.78, 5) is 42.2. The molecule has 1 atom stereocenters. The largest absolute Gasteiger partial charge is 0.368 e. The number of amides is 3. The molecule has 2 fully saturated rings. The van der Waals surface area contributed by atoms with E-state index >= 15 is 0 Å². The highest BCUT2D eigenvalue weighted by molar-refractivity contribution is 6.30. The molecular formula is C19H24ClN3O3. The normalized spacial score (nSPS) is 23.7. The maximum absolute atomic E-state index is 12.6. The minimum atomic E-state index is -0.664. The van der Waals surface area contributed by atoms with Gasteiger partial charge in [0.2, 0.25) is 17.7 Å². The van der Waals surface area contributed by atoms with E-state index in [-0.39, 0.29) is 30.7 Å². The van der Waals surface area contributed by atoms with Crippen molar-refractivity contribution < 1.29 is 14.4 Å². The van der Waals surface area contributed by atoms with Crippen LogP contribution in [0.3, 0.4) is 0 Å². The standard InChI is InChI=1S/C19H24ClN3O3/c1-3-19(2)12-16(24)23(18(19)26)13-17(25)22-9-7-21(8-10-22)15-6-4-5-14(20)11-15/h4-6,11H,3,7-10,12-13H2,1-2H3. The third kappa shape index (κ3) is 3.56. The van der Waals surface area contributed by atoms with Crippen molar-refractivity contribution in [2.24, 2.45) is 5.41 Å². The first-order chi connectivity index (χ1) is 12.3. The maximum atomic E-state index is 12.6. The van der Waals surface area contributed by atoms with Gasteiger partial charge in [-0.15, -0.1) is 0 Å². The van der Waals surface area contributed by atoms with Gasteiger partial charge in [-0.25, -0.2) is 0 Å². The number of anilines is 1. The summed E-state index contributed by atoms with van der Waals surface area (Å²) in [6.07, 6.45) is 0.790. The van der Waals surface area contributed by atoms with Crippen LogP contribution in [0.5, 0.6) is 0 Å². The van der Waals surface area contributed by atoms with Crippen molar-refractivity contribution in [2.45, 2.75) is 26.7 Å². The molecule has 0 aliphatic carbocycles. The van der Waals surface area contributed by atoms with Crippen LogP contribution in [-0.4, -0.2) is 60.2 Å². The topological polar surface area (TPSA) is 60.9 Å². The molecule has 1 aromatic carbocycles. The van der Waals surface area contributed by atoms with Gasteiger partial charge in [0.15, 0.2) is 0 Å². The first-order valence-electron chi connectivity index (χ1n) is 8.97. The summed E-state index contributed by atoms with van der Waals surface area (Å²) in [5, 5.41) is 0.686. The number of nitrogens with zero attached hydrogens (tertiary/aromatic N) is 3. The van der Waals surface area contributed by atoms with E-state index in [1.165, 1.54) is 0 Å². The monoisotopic (exact) mass is 377 g/mol. The average molecular weight is 378 g/mol. The molecule has 0 aromatic heterocycles. The number of likely N-dealkylation sites (tertiary alicyclic amines) is 1. The van der Waals surface area contributed by atoms with Gasteiger partial charge in [0, 0.05) is 43.3 Å². The first kappa shape index (κ1) is 18.7. The highest BCUT2D eigenvalue weighted by atomic mass is 35.5. The van der Waals surface area contributed by atoms with Gasteiger partial charge in [0.25, 0.3) is 0 Å². The second-order valence-electron chi connectivity index (χ2n) is 7.22. The molecule has 2 heterocycles. The molecule has 0 bridgehead atoms. The van der Waals surface area contributed by atoms with E-state index in [0.29, 0.717) is 37.6 Å². The minimum absolute atomic E-state index is 0.148. The first-order valence-corrected chi connectivity index (χ1v) is 9.35. The van der Waals surface area contributed by atoms with Gasteiger partial charge in [-0.2, -0.15) is 0 Å². The molecule has 0 saturated carbocycles. The van der Waals surface area contributed by atoms with Crippen molar-refractivity contribution in [3.8, 4) is 0 Å². The van der Waals surface area contributed by atoms with Crippen molar-refractivity contribution in [3.63, 3.8) is 0 Å². The van der Waals surface area contributed by atoms with Crippen LogP contribution in [0.25, 0.3) is 0 Å². The average Bonchev–Trinajstić information content (AvgIpc) is 2.85. The lowest BCUT2D eigenvalue weighted by Crippen LogP contribution is -2.52. The Bertz CT molecular complexity index is 730. The predicted molar refractivity (Wildman–Crippen MR) is 100.0 cm³/mol. The zero-order valence-electron chi connectivity index (χ0n) is 15.2. The molecular weight excluding hydrogens is 354 g/mol. The van der Waals surface area contributed by atoms with E-state index < -0.39 is 5.41 Å². The number of rotatable bonds is 4. The number of carbonyl (C=O) groups excluding carboxylic acids is 3. The van der Waals surface area contributed by atoms with Gasteiger partial charge in [-0.3, -0.25) is 19.3 Å². The number of halogens is 1. The maximum Gasteiger partial charge on any atom is 0.242 e. The van der Waals surface area contributed by atoms with Crippen LogP contribution >= 0.6 is 11.6 Å². The van der Waals surface area contributed by atoms with Crippen molar-refractivity contribution >= 4 is 35.0 Å². The summed E-state index contributed by atoms with van der Waals surface area (Å²) in [6.45, 7) is 6.05. The van der Waals surface area contributed by atoms with Crippen molar-refractivity contribution in [3.05, 3.63) is 29.3 Å². The third-order valence-electron chi connectivity index (χ3n) is 5.48. The second-order valence-corrected chi connectivity index (χ2v) is 7.66. The van der Waals surface area contributed by atoms with Gasteiger partial charge < -0.3 is 9.80 Å². The molecule has 140 valence electrons. The number of piperazine rings is 1. The fourth-order valence-corrected chi connectivity index (χ4v) is 3.69. The highest BCUT2D eigenvalue weighted by Crippen LogP contribution is 2.35. The van der Waals surface area contributed by atoms with Crippen LogP contribution in [0.1, 0.15) is 26.7 Å². The van der Waals surface area contributed by atoms with Crippen LogP contribution in [0, 0.1) is 5.41 Å². The van der Waals surface area contributed by atoms with Crippen molar-refractivity contribution in [1.82, 2.24) is 9.80 Å². The Kier molecular flexibility index (Phi) is 5.23. The molecule has 3 amide bonds. The Morgan fingerprint density at radius 2 is 1.88 bits per heavy atom. The molecule has 0 radical (unpaired) electrons. The van der Waals surface area contributed by atoms with Crippen molar-refractivity contribution in [1.29, 1.82) is 0 Å². The quantitative estimate of drug-likeness (QED) is 0.754. The summed E-state index contributed by atoms with van der Waals surface area (Å²) in [7, 11) is 0. The van der Waals surface area contributed by atoms with E-state index in [1.807, 2.05) is 31.2 Å². The Morgan fingerprint density at radius 1 is 1.19 bits per heavy atom. The molecule has 6 nitrogen and oxygen atoms in total. The SMILES string of the molecule is CCC1(C)CC(=O)N(CC(=O)N2CCN(c3cccc(Cl)c3)CC2)C1=O. The lowest BCUT2D eigenvalue weighted by molar-refractivity contribution is -0.147. The summed E-state index contributed by atoms with van der Waals surface area (Å²) in [5.41, 5.74) is 0.371. The van der Waals surface area contributed by atoms with Gasteiger partial charge in [0.05, 0.1) is 5.41 Å². The Balaban J connectivity index is 1.57. The number of hydrogen-bond donors (Lipinski definition) is 0. The van der Waals surface area contributed by atoms with Gasteiger partial charge >= 0.3 is 0 Å². The number of benzene rings is 1. The van der Waals surface area contributed by atoms with E-state index in [1.54, 1.807) is 11.8 Å². The van der Waals surface area contributed by atoms with Crippen LogP contribution in [0.2, 0.25) is 5.02 Å². The molecule has 1 aromatic rings. The van der Waals surface area contributed by atoms with E-state index in [9.17, 15) is 14.4 Å². The molecule has 7 heteroatoms. The molecule has 26 heavy (non-hydrogen) atoms. The summed E-state index contributed by atoms with van der Waals surface area (Å²) >= 11 is 6.04. The molecule has 0 N–H and O–H groups in total. The number of hydrogen-bond acceptors (Lipinski definition) is 4. The smallest absolute Gasteiger partial charge is 0.242 e. The van der Waals surface area contributed by atoms with Gasteiger partial charge in [0.1, 0.15) is 6.54 Å². The molecule has 2 saturated heterocycles. The minimum Gasteiger partial charge on any atom is -0.368 e. The molecule has 2 aliphatic rings. The molecule has 0 spiro atoms. The molecule has 1 unspecified atom stereocenters. The van der Waals surface area contributed by atoms with E-state index in [4.69, 9.17) is 11.6 Å². The van der Waals surface area contributed by atoms with Crippen LogP contribution in [0.4, 0.5) is 5.69 Å². The summed E-state index contributed by atoms with van der Waals surface area (Å²) in [5.74, 6) is -0.640. The van der Waals surface area contributed by atoms with Crippen LogP contribution in [-0.2, 0) is 14.4 Å². The van der Waals surface area contributed by atoms with Crippen molar-refractivity contribution in [2.75, 3.05) is 37.6 Å². The number of carbonyl (C=O) groups is 3. The fraction of sp³-hybridized carbons (Fsp3) is 0.526. The highest BCUT2D eigenvalue weighted by Gasteiger charge is 2.47. The number of imide groups is 1. The second kappa shape index (κ2) is 7.27. The zero-order valence-corrected chi connectivity index (χ0v) is 16.0. The van der Waals surface area contributed by atoms with Gasteiger partial charge in [-0.05, 0) is 24.6 Å². The summed E-state index contributed by atoms with van der Waals surface area (Å²) in [6, 6.07) is 7.65. The molecule has 3 rings (SSSR count). The van der Waals surface area contributed by atoms with E-state index in [2.05, 4.69) is 4.90 Å². The van der Waals surface area contributed by atoms with E-state index in [0.717, 1.165) is 10.6 Å². The zero-order chi connectivity index (χ0) is 18.9. The predicted octanol–water partition coefficient (Wildman–Crippen LogP) is 2.16. The Morgan fingerprint density at radius 3 is 2.46 bits per heavy atom. The third-order valence-corrected chi connectivity index (χ3v) is 5.72. The summed E-state index contributed by atoms with van der Waals surface area (Å²) < 4.78 is 0. The van der Waals surface area contributed by atoms with Gasteiger partial charge in [-0.1, -0.05) is 31.5 Å². The molecule has 2 aliphatic heterocycles. The lowest BCUT2D eigenvalue weighted by atomic mass is 9.86. The van der Waals surface area contributed by atoms with Crippen LogP contribution in [0.15, 0.2) is 24.3 Å². The lowest BCUT2D eigenvalue weighted by Gasteiger charge is -2.36. The van der Waals surface area contributed by atoms with Crippen LogP contribution < -0.4 is 4.90 Å². The fourth-order valence-electron chi connectivity index (χ4n) is 3.50.